The zero-order valence-electron chi connectivity index (χ0n) is 15.8. The summed E-state index contributed by atoms with van der Waals surface area (Å²) in [5.41, 5.74) is 2.56. The molecular weight excluding hydrogens is 551 g/mol. The average molecular weight is 568 g/mol. The number of rotatable bonds is 4. The summed E-state index contributed by atoms with van der Waals surface area (Å²) in [5.74, 6) is -1.35. The Morgan fingerprint density at radius 3 is 2.55 bits per heavy atom. The first-order chi connectivity index (χ1) is 13.4. The van der Waals surface area contributed by atoms with Gasteiger partial charge in [-0.1, -0.05) is 37.6 Å². The molecule has 2 aromatic heterocycles. The fourth-order valence-corrected chi connectivity index (χ4v) is 3.07. The first-order valence-electron chi connectivity index (χ1n) is 8.82. The van der Waals surface area contributed by atoms with Crippen molar-refractivity contribution in [2.45, 2.75) is 19.3 Å². The van der Waals surface area contributed by atoms with Crippen LogP contribution in [0.4, 0.5) is 8.78 Å². The summed E-state index contributed by atoms with van der Waals surface area (Å²) in [6.45, 7) is 4.06. The number of aromatic nitrogens is 3. The van der Waals surface area contributed by atoms with E-state index in [1.54, 1.807) is 16.9 Å². The summed E-state index contributed by atoms with van der Waals surface area (Å²) in [4.78, 5) is 4.64. The minimum atomic E-state index is -0.685. The Labute approximate surface area is 182 Å². The predicted octanol–water partition coefficient (Wildman–Crippen LogP) is 5.14. The molecule has 0 aliphatic carbocycles. The Hall–Kier alpha value is -2.65. The summed E-state index contributed by atoms with van der Waals surface area (Å²) in [6.07, 6.45) is 3.57. The van der Waals surface area contributed by atoms with Crippen LogP contribution in [0.15, 0.2) is 67.0 Å². The van der Waals surface area contributed by atoms with Crippen LogP contribution in [-0.4, -0.2) is 14.8 Å². The quantitative estimate of drug-likeness (QED) is 0.320. The van der Waals surface area contributed by atoms with Gasteiger partial charge in [-0.15, -0.1) is 23.8 Å². The standard InChI is InChI=1S/C23H17F2N3.Pt/c1-23(2,16-6-3-7-18(14-16)28-13-5-12-26-28)22-9-4-8-21(27-22)19-11-10-17(24)15-20(19)25;/h3-10,12-13,15H,1-2H3;/q-2;+2. The Kier molecular flexibility index (Phi) is 6.09. The number of pyridine rings is 1. The Morgan fingerprint density at radius 2 is 1.83 bits per heavy atom. The SMILES string of the molecule is CC(C)(c1[c-]c(-n2cccn2)ccc1)c1cccc(-c2[c-]cc(F)cc2F)n1.[Pt+2]. The molecule has 0 fully saturated rings. The molecular formula is C23H17F2N3Pt. The van der Waals surface area contributed by atoms with Crippen molar-refractivity contribution in [3.63, 3.8) is 0 Å². The number of benzene rings is 2. The van der Waals surface area contributed by atoms with Crippen molar-refractivity contribution in [3.05, 3.63) is 102 Å². The van der Waals surface area contributed by atoms with Gasteiger partial charge in [0.05, 0.1) is 0 Å². The molecule has 2 aromatic carbocycles. The van der Waals surface area contributed by atoms with E-state index in [0.717, 1.165) is 29.1 Å². The van der Waals surface area contributed by atoms with Crippen molar-refractivity contribution in [1.82, 2.24) is 14.8 Å². The zero-order valence-corrected chi connectivity index (χ0v) is 18.0. The van der Waals surface area contributed by atoms with Gasteiger partial charge >= 0.3 is 21.1 Å². The molecule has 3 nitrogen and oxygen atoms in total. The van der Waals surface area contributed by atoms with Crippen LogP contribution in [0.25, 0.3) is 16.9 Å². The number of halogens is 2. The van der Waals surface area contributed by atoms with Gasteiger partial charge in [0.15, 0.2) is 0 Å². The van der Waals surface area contributed by atoms with Crippen LogP contribution in [-0.2, 0) is 26.5 Å². The van der Waals surface area contributed by atoms with Gasteiger partial charge in [0.2, 0.25) is 0 Å². The molecule has 148 valence electrons. The molecule has 6 heteroatoms. The van der Waals surface area contributed by atoms with E-state index in [-0.39, 0.29) is 26.6 Å². The maximum Gasteiger partial charge on any atom is 2.00 e. The predicted molar refractivity (Wildman–Crippen MR) is 103 cm³/mol. The second kappa shape index (κ2) is 8.38. The van der Waals surface area contributed by atoms with Gasteiger partial charge in [-0.05, 0) is 23.5 Å². The van der Waals surface area contributed by atoms with Gasteiger partial charge in [0.1, 0.15) is 0 Å². The van der Waals surface area contributed by atoms with Crippen molar-refractivity contribution in [2.24, 2.45) is 0 Å². The molecule has 0 bridgehead atoms. The third kappa shape index (κ3) is 4.20. The third-order valence-corrected chi connectivity index (χ3v) is 4.71. The molecule has 0 radical (unpaired) electrons. The summed E-state index contributed by atoms with van der Waals surface area (Å²) in [5, 5.41) is 4.25. The molecule has 4 aromatic rings. The van der Waals surface area contributed by atoms with Crippen molar-refractivity contribution < 1.29 is 29.8 Å². The fourth-order valence-electron chi connectivity index (χ4n) is 3.07. The molecule has 0 unspecified atom stereocenters. The molecule has 2 heterocycles. The average Bonchev–Trinajstić information content (AvgIpc) is 3.23. The van der Waals surface area contributed by atoms with E-state index in [1.807, 2.05) is 56.4 Å². The van der Waals surface area contributed by atoms with Crippen LogP contribution < -0.4 is 0 Å². The van der Waals surface area contributed by atoms with Gasteiger partial charge < -0.3 is 4.98 Å². The van der Waals surface area contributed by atoms with E-state index in [4.69, 9.17) is 0 Å². The minimum absolute atomic E-state index is 0. The van der Waals surface area contributed by atoms with Crippen LogP contribution in [0.5, 0.6) is 0 Å². The first-order valence-corrected chi connectivity index (χ1v) is 8.82. The largest absolute Gasteiger partial charge is 2.00 e. The zero-order chi connectivity index (χ0) is 19.7. The summed E-state index contributed by atoms with van der Waals surface area (Å²) >= 11 is 0. The Balaban J connectivity index is 0.00000240. The fraction of sp³-hybridized carbons (Fsp3) is 0.130. The van der Waals surface area contributed by atoms with Crippen LogP contribution in [0.1, 0.15) is 25.1 Å². The van der Waals surface area contributed by atoms with Crippen molar-refractivity contribution in [1.29, 1.82) is 0 Å². The molecule has 0 N–H and O–H groups in total. The summed E-state index contributed by atoms with van der Waals surface area (Å²) in [6, 6.07) is 21.1. The molecule has 29 heavy (non-hydrogen) atoms. The molecule has 0 atom stereocenters. The molecule has 0 aliphatic heterocycles. The molecule has 0 saturated carbocycles. The first kappa shape index (κ1) is 21.1. The van der Waals surface area contributed by atoms with Gasteiger partial charge in [-0.2, -0.15) is 23.3 Å². The van der Waals surface area contributed by atoms with E-state index in [0.29, 0.717) is 5.69 Å². The van der Waals surface area contributed by atoms with Crippen molar-refractivity contribution in [3.8, 4) is 16.9 Å². The molecule has 4 rings (SSSR count). The minimum Gasteiger partial charge on any atom is -0.300 e. The Morgan fingerprint density at radius 1 is 1.03 bits per heavy atom. The smallest absolute Gasteiger partial charge is 0.300 e. The van der Waals surface area contributed by atoms with E-state index in [9.17, 15) is 8.78 Å². The van der Waals surface area contributed by atoms with E-state index < -0.39 is 17.0 Å². The number of hydrogen-bond acceptors (Lipinski definition) is 2. The molecule has 0 amide bonds. The maximum atomic E-state index is 14.2. The Bertz CT molecular complexity index is 1120. The van der Waals surface area contributed by atoms with Crippen LogP contribution >= 0.6 is 0 Å². The number of hydrogen-bond donors (Lipinski definition) is 0. The topological polar surface area (TPSA) is 30.7 Å². The summed E-state index contributed by atoms with van der Waals surface area (Å²) < 4.78 is 29.1. The van der Waals surface area contributed by atoms with Gasteiger partial charge in [-0.25, -0.2) is 0 Å². The molecule has 0 saturated heterocycles. The van der Waals surface area contributed by atoms with Crippen LogP contribution in [0.3, 0.4) is 0 Å². The van der Waals surface area contributed by atoms with Crippen molar-refractivity contribution in [2.75, 3.05) is 0 Å². The van der Waals surface area contributed by atoms with Crippen molar-refractivity contribution >= 4 is 0 Å². The maximum absolute atomic E-state index is 14.2. The van der Waals surface area contributed by atoms with E-state index >= 15 is 0 Å². The third-order valence-electron chi connectivity index (χ3n) is 4.71. The number of nitrogens with zero attached hydrogens (tertiary/aromatic N) is 3. The normalized spacial score (nSPS) is 11.2. The van der Waals surface area contributed by atoms with Gasteiger partial charge in [-0.3, -0.25) is 13.5 Å². The van der Waals surface area contributed by atoms with E-state index in [1.165, 1.54) is 0 Å². The monoisotopic (exact) mass is 568 g/mol. The second-order valence-corrected chi connectivity index (χ2v) is 6.97. The van der Waals surface area contributed by atoms with Gasteiger partial charge in [0.25, 0.3) is 0 Å². The van der Waals surface area contributed by atoms with E-state index in [2.05, 4.69) is 22.2 Å². The molecule has 0 spiro atoms. The second-order valence-electron chi connectivity index (χ2n) is 6.97. The van der Waals surface area contributed by atoms with Gasteiger partial charge in [0, 0.05) is 35.1 Å². The van der Waals surface area contributed by atoms with Crippen LogP contribution in [0.2, 0.25) is 0 Å². The molecule has 0 aliphatic rings. The van der Waals surface area contributed by atoms with Crippen LogP contribution in [0, 0.1) is 23.8 Å². The summed E-state index contributed by atoms with van der Waals surface area (Å²) in [7, 11) is 0.